The van der Waals surface area contributed by atoms with Crippen molar-refractivity contribution in [2.24, 2.45) is 0 Å². The lowest BCUT2D eigenvalue weighted by atomic mass is 10.0. The molecule has 0 radical (unpaired) electrons. The van der Waals surface area contributed by atoms with Gasteiger partial charge < -0.3 is 19.3 Å². The highest BCUT2D eigenvalue weighted by Gasteiger charge is 2.10. The molecule has 4 nitrogen and oxygen atoms in total. The molecule has 20 heavy (non-hydrogen) atoms. The Morgan fingerprint density at radius 3 is 2.55 bits per heavy atom. The molecule has 0 aliphatic carbocycles. The summed E-state index contributed by atoms with van der Waals surface area (Å²) in [6.07, 6.45) is 0.310. The van der Waals surface area contributed by atoms with Crippen molar-refractivity contribution in [3.05, 3.63) is 34.9 Å². The third-order valence-corrected chi connectivity index (χ3v) is 3.08. The maximum atomic E-state index is 10.1. The van der Waals surface area contributed by atoms with Crippen molar-refractivity contribution in [1.82, 2.24) is 0 Å². The van der Waals surface area contributed by atoms with Crippen LogP contribution in [0, 0.1) is 13.8 Å². The average Bonchev–Trinajstić information content (AvgIpc) is 2.44. The molecule has 0 amide bonds. The van der Waals surface area contributed by atoms with Gasteiger partial charge in [0.1, 0.15) is 6.10 Å². The predicted molar refractivity (Wildman–Crippen MR) is 79.0 cm³/mol. The van der Waals surface area contributed by atoms with Gasteiger partial charge in [-0.1, -0.05) is 23.8 Å². The summed E-state index contributed by atoms with van der Waals surface area (Å²) in [5, 5.41) is 10.1. The summed E-state index contributed by atoms with van der Waals surface area (Å²) >= 11 is 0. The Balaban J connectivity index is 2.17. The lowest BCUT2D eigenvalue weighted by Gasteiger charge is -2.15. The molecule has 0 aliphatic heterocycles. The Morgan fingerprint density at radius 1 is 1.05 bits per heavy atom. The van der Waals surface area contributed by atoms with Gasteiger partial charge in [0.25, 0.3) is 0 Å². The zero-order valence-electron chi connectivity index (χ0n) is 12.7. The second-order valence-electron chi connectivity index (χ2n) is 4.91. The first-order valence-corrected chi connectivity index (χ1v) is 7.04. The van der Waals surface area contributed by atoms with Crippen molar-refractivity contribution >= 4 is 0 Å². The molecule has 1 rings (SSSR count). The van der Waals surface area contributed by atoms with Crippen LogP contribution in [0.25, 0.3) is 0 Å². The fourth-order valence-electron chi connectivity index (χ4n) is 1.93. The summed E-state index contributed by atoms with van der Waals surface area (Å²) < 4.78 is 15.8. The molecule has 1 atom stereocenters. The molecule has 1 N–H and O–H groups in total. The predicted octanol–water partition coefficient (Wildman–Crippen LogP) is 2.41. The van der Waals surface area contributed by atoms with Gasteiger partial charge in [0.05, 0.1) is 19.8 Å². The molecule has 1 aromatic rings. The fraction of sp³-hybridized carbons (Fsp3) is 0.625. The quantitative estimate of drug-likeness (QED) is 0.669. The Bertz CT molecular complexity index is 379. The number of aryl methyl sites for hydroxylation is 2. The van der Waals surface area contributed by atoms with Crippen LogP contribution in [0.3, 0.4) is 0 Å². The number of ether oxygens (including phenoxy) is 3. The maximum Gasteiger partial charge on any atom is 0.103 e. The number of aliphatic hydroxyl groups is 1. The normalized spacial score (nSPS) is 12.6. The number of benzene rings is 1. The van der Waals surface area contributed by atoms with Crippen LogP contribution in [0.4, 0.5) is 0 Å². The molecule has 0 bridgehead atoms. The zero-order chi connectivity index (χ0) is 14.8. The van der Waals surface area contributed by atoms with Crippen LogP contribution < -0.4 is 0 Å². The molecule has 0 spiro atoms. The smallest absolute Gasteiger partial charge is 0.103 e. The van der Waals surface area contributed by atoms with Gasteiger partial charge >= 0.3 is 0 Å². The summed E-state index contributed by atoms with van der Waals surface area (Å²) in [6.45, 7) is 6.74. The SMILES string of the molecule is COCCCOCCOCC(O)c1cc(C)ccc1C. The minimum absolute atomic E-state index is 0.297. The van der Waals surface area contributed by atoms with Crippen LogP contribution in [0.15, 0.2) is 18.2 Å². The van der Waals surface area contributed by atoms with E-state index in [0.29, 0.717) is 33.0 Å². The summed E-state index contributed by atoms with van der Waals surface area (Å²) in [5.74, 6) is 0. The lowest BCUT2D eigenvalue weighted by Crippen LogP contribution is -2.13. The summed E-state index contributed by atoms with van der Waals surface area (Å²) in [4.78, 5) is 0. The van der Waals surface area contributed by atoms with Crippen LogP contribution in [-0.4, -0.2) is 45.3 Å². The zero-order valence-corrected chi connectivity index (χ0v) is 12.7. The molecule has 0 saturated carbocycles. The molecule has 0 aromatic heterocycles. The van der Waals surface area contributed by atoms with Crippen LogP contribution in [-0.2, 0) is 14.2 Å². The van der Waals surface area contributed by atoms with Crippen molar-refractivity contribution in [1.29, 1.82) is 0 Å². The van der Waals surface area contributed by atoms with E-state index in [9.17, 15) is 5.11 Å². The summed E-state index contributed by atoms with van der Waals surface area (Å²) in [6, 6.07) is 6.07. The van der Waals surface area contributed by atoms with Crippen LogP contribution in [0.1, 0.15) is 29.2 Å². The maximum absolute atomic E-state index is 10.1. The Morgan fingerprint density at radius 2 is 1.80 bits per heavy atom. The van der Waals surface area contributed by atoms with Gasteiger partial charge in [-0.3, -0.25) is 0 Å². The Hall–Kier alpha value is -0.940. The number of methoxy groups -OCH3 is 1. The molecule has 1 unspecified atom stereocenters. The van der Waals surface area contributed by atoms with Crippen LogP contribution in [0.2, 0.25) is 0 Å². The van der Waals surface area contributed by atoms with Crippen LogP contribution in [0.5, 0.6) is 0 Å². The van der Waals surface area contributed by atoms with Gasteiger partial charge in [0, 0.05) is 20.3 Å². The van der Waals surface area contributed by atoms with Gasteiger partial charge in [0.15, 0.2) is 0 Å². The monoisotopic (exact) mass is 282 g/mol. The fourth-order valence-corrected chi connectivity index (χ4v) is 1.93. The van der Waals surface area contributed by atoms with Gasteiger partial charge in [-0.2, -0.15) is 0 Å². The van der Waals surface area contributed by atoms with E-state index in [1.807, 2.05) is 32.0 Å². The summed E-state index contributed by atoms with van der Waals surface area (Å²) in [7, 11) is 1.68. The lowest BCUT2D eigenvalue weighted by molar-refractivity contribution is 0.000323. The average molecular weight is 282 g/mol. The van der Waals surface area contributed by atoms with Crippen molar-refractivity contribution in [2.75, 3.05) is 40.1 Å². The number of hydrogen-bond donors (Lipinski definition) is 1. The minimum Gasteiger partial charge on any atom is -0.386 e. The highest BCUT2D eigenvalue weighted by Crippen LogP contribution is 2.19. The Kier molecular flexibility index (Phi) is 8.46. The number of aliphatic hydroxyl groups excluding tert-OH is 1. The number of hydrogen-bond acceptors (Lipinski definition) is 4. The molecule has 0 aliphatic rings. The van der Waals surface area contributed by atoms with Crippen LogP contribution >= 0.6 is 0 Å². The van der Waals surface area contributed by atoms with Gasteiger partial charge in [-0.15, -0.1) is 0 Å². The molecular weight excluding hydrogens is 256 g/mol. The third-order valence-electron chi connectivity index (χ3n) is 3.08. The highest BCUT2D eigenvalue weighted by molar-refractivity contribution is 5.32. The largest absolute Gasteiger partial charge is 0.386 e. The van der Waals surface area contributed by atoms with Gasteiger partial charge in [-0.05, 0) is 31.4 Å². The summed E-state index contributed by atoms with van der Waals surface area (Å²) in [5.41, 5.74) is 3.17. The molecule has 0 saturated heterocycles. The van der Waals surface area contributed by atoms with E-state index < -0.39 is 6.10 Å². The van der Waals surface area contributed by atoms with Crippen molar-refractivity contribution < 1.29 is 19.3 Å². The van der Waals surface area contributed by atoms with E-state index in [-0.39, 0.29) is 0 Å². The number of rotatable bonds is 10. The van der Waals surface area contributed by atoms with E-state index in [4.69, 9.17) is 14.2 Å². The van der Waals surface area contributed by atoms with E-state index in [0.717, 1.165) is 23.1 Å². The van der Waals surface area contributed by atoms with Gasteiger partial charge in [0.2, 0.25) is 0 Å². The molecule has 1 aromatic carbocycles. The molecule has 4 heteroatoms. The van der Waals surface area contributed by atoms with Crippen molar-refractivity contribution in [3.63, 3.8) is 0 Å². The van der Waals surface area contributed by atoms with Gasteiger partial charge in [-0.25, -0.2) is 0 Å². The Labute approximate surface area is 121 Å². The van der Waals surface area contributed by atoms with E-state index >= 15 is 0 Å². The first-order valence-electron chi connectivity index (χ1n) is 7.04. The molecule has 114 valence electrons. The molecular formula is C16H26O4. The van der Waals surface area contributed by atoms with E-state index in [2.05, 4.69) is 0 Å². The third kappa shape index (κ3) is 6.48. The highest BCUT2D eigenvalue weighted by atomic mass is 16.5. The van der Waals surface area contributed by atoms with Crippen molar-refractivity contribution in [2.45, 2.75) is 26.4 Å². The van der Waals surface area contributed by atoms with E-state index in [1.54, 1.807) is 7.11 Å². The molecule has 0 heterocycles. The standard InChI is InChI=1S/C16H26O4/c1-13-5-6-14(2)15(11-13)16(17)12-20-10-9-19-8-4-7-18-3/h5-6,11,16-17H,4,7-10,12H2,1-3H3. The molecule has 0 fully saturated rings. The first kappa shape index (κ1) is 17.1. The first-order chi connectivity index (χ1) is 9.65. The topological polar surface area (TPSA) is 47.9 Å². The second-order valence-corrected chi connectivity index (χ2v) is 4.91. The second kappa shape index (κ2) is 9.88. The van der Waals surface area contributed by atoms with Crippen molar-refractivity contribution in [3.8, 4) is 0 Å². The van der Waals surface area contributed by atoms with E-state index in [1.165, 1.54) is 0 Å². The minimum atomic E-state index is -0.580.